The molecule has 4 nitrogen and oxygen atoms in total. The Morgan fingerprint density at radius 2 is 1.86 bits per heavy atom. The molecule has 0 spiro atoms. The van der Waals surface area contributed by atoms with Crippen molar-refractivity contribution >= 4 is 10.1 Å². The third-order valence-corrected chi connectivity index (χ3v) is 8.24. The summed E-state index contributed by atoms with van der Waals surface area (Å²) in [6, 6.07) is 3.13. The molecule has 2 saturated carbocycles. The van der Waals surface area contributed by atoms with Gasteiger partial charge in [-0.1, -0.05) is 13.3 Å². The fraction of sp³-hybridized carbons (Fsp3) is 0.700. The second-order valence-electron chi connectivity index (χ2n) is 8.69. The first-order valence-corrected chi connectivity index (χ1v) is 11.2. The lowest BCUT2D eigenvalue weighted by molar-refractivity contribution is -0.0500. The van der Waals surface area contributed by atoms with E-state index in [1.165, 1.54) is 32.4 Å². The first kappa shape index (κ1) is 19.9. The molecule has 2 fully saturated rings. The van der Waals surface area contributed by atoms with E-state index in [9.17, 15) is 21.6 Å². The van der Waals surface area contributed by atoms with Crippen molar-refractivity contribution in [2.75, 3.05) is 7.11 Å². The van der Waals surface area contributed by atoms with Gasteiger partial charge in [0, 0.05) is 0 Å². The molecule has 1 aromatic rings. The van der Waals surface area contributed by atoms with Gasteiger partial charge >= 0.3 is 15.6 Å². The van der Waals surface area contributed by atoms with Crippen LogP contribution in [0.1, 0.15) is 62.5 Å². The Morgan fingerprint density at radius 3 is 2.54 bits per heavy atom. The number of hydrogen-bond donors (Lipinski definition) is 0. The minimum atomic E-state index is -5.73. The molecule has 0 aliphatic heterocycles. The summed E-state index contributed by atoms with van der Waals surface area (Å²) in [6.07, 6.45) is 7.69. The topological polar surface area (TPSA) is 52.6 Å². The SMILES string of the molecule is COc1cc2c(cc1OS(=O)(=O)C(F)(F)F)CC[C@@H]1[C@@H]2CC[C@]2(C)CCC[C@@H]12. The van der Waals surface area contributed by atoms with Crippen molar-refractivity contribution in [3.63, 3.8) is 0 Å². The Bertz CT molecular complexity index is 880. The molecule has 0 unspecified atom stereocenters. The molecule has 0 radical (unpaired) electrons. The summed E-state index contributed by atoms with van der Waals surface area (Å²) in [5, 5.41) is 0. The molecule has 156 valence electrons. The number of benzene rings is 1. The number of hydrogen-bond acceptors (Lipinski definition) is 4. The highest BCUT2D eigenvalue weighted by atomic mass is 32.2. The predicted octanol–water partition coefficient (Wildman–Crippen LogP) is 5.17. The quantitative estimate of drug-likeness (QED) is 0.502. The third-order valence-electron chi connectivity index (χ3n) is 7.27. The molecular formula is C20H25F3O4S. The van der Waals surface area contributed by atoms with Crippen LogP contribution < -0.4 is 8.92 Å². The number of ether oxygens (including phenoxy) is 1. The van der Waals surface area contributed by atoms with Crippen molar-refractivity contribution in [2.45, 2.75) is 63.3 Å². The summed E-state index contributed by atoms with van der Waals surface area (Å²) in [6.45, 7) is 2.40. The van der Waals surface area contributed by atoms with E-state index in [0.717, 1.165) is 36.8 Å². The lowest BCUT2D eigenvalue weighted by Crippen LogP contribution is -2.39. The van der Waals surface area contributed by atoms with E-state index < -0.39 is 21.4 Å². The number of alkyl halides is 3. The van der Waals surface area contributed by atoms with Gasteiger partial charge in [0.2, 0.25) is 0 Å². The Hall–Kier alpha value is -1.44. The first-order chi connectivity index (χ1) is 13.1. The fourth-order valence-electron chi connectivity index (χ4n) is 5.96. The molecule has 1 aromatic carbocycles. The minimum absolute atomic E-state index is 0.0342. The van der Waals surface area contributed by atoms with Crippen molar-refractivity contribution < 1.29 is 30.5 Å². The van der Waals surface area contributed by atoms with Crippen molar-refractivity contribution in [1.82, 2.24) is 0 Å². The highest BCUT2D eigenvalue weighted by Gasteiger charge is 2.51. The smallest absolute Gasteiger partial charge is 0.493 e. The summed E-state index contributed by atoms with van der Waals surface area (Å²) in [5.74, 6) is 1.25. The highest BCUT2D eigenvalue weighted by Crippen LogP contribution is 2.61. The van der Waals surface area contributed by atoms with Gasteiger partial charge in [-0.3, -0.25) is 0 Å². The summed E-state index contributed by atoms with van der Waals surface area (Å²) in [7, 11) is -4.42. The standard InChI is InChI=1S/C20H25F3O4S/c1-19-8-3-4-16(19)14-6-5-12-10-18(27-28(24,25)20(21,22)23)17(26-2)11-15(12)13(14)7-9-19/h10-11,13-14,16H,3-9H2,1-2H3/t13-,14+,16-,19-/m0/s1. The predicted molar refractivity (Wildman–Crippen MR) is 97.8 cm³/mol. The van der Waals surface area contributed by atoms with E-state index in [2.05, 4.69) is 11.1 Å². The molecule has 4 rings (SSSR count). The first-order valence-electron chi connectivity index (χ1n) is 9.77. The number of halogens is 3. The number of rotatable bonds is 3. The second kappa shape index (κ2) is 6.54. The Labute approximate surface area is 163 Å². The van der Waals surface area contributed by atoms with Gasteiger partial charge in [0.1, 0.15) is 0 Å². The Kier molecular flexibility index (Phi) is 4.64. The third kappa shape index (κ3) is 3.08. The van der Waals surface area contributed by atoms with Crippen LogP contribution in [0.25, 0.3) is 0 Å². The van der Waals surface area contributed by atoms with E-state index in [0.29, 0.717) is 23.2 Å². The molecular weight excluding hydrogens is 393 g/mol. The van der Waals surface area contributed by atoms with Gasteiger partial charge < -0.3 is 8.92 Å². The maximum absolute atomic E-state index is 12.7. The number of aryl methyl sites for hydroxylation is 1. The summed E-state index contributed by atoms with van der Waals surface area (Å²) < 4.78 is 70.6. The van der Waals surface area contributed by atoms with E-state index in [1.807, 2.05) is 0 Å². The molecule has 0 saturated heterocycles. The molecule has 8 heteroatoms. The monoisotopic (exact) mass is 418 g/mol. The molecule has 0 aromatic heterocycles. The lowest BCUT2D eigenvalue weighted by atomic mass is 9.56. The van der Waals surface area contributed by atoms with Gasteiger partial charge in [0.15, 0.2) is 11.5 Å². The molecule has 0 N–H and O–H groups in total. The van der Waals surface area contributed by atoms with Crippen molar-refractivity contribution in [3.05, 3.63) is 23.3 Å². The normalized spacial score (nSPS) is 32.2. The van der Waals surface area contributed by atoms with Crippen LogP contribution in [0.4, 0.5) is 13.2 Å². The van der Waals surface area contributed by atoms with Crippen LogP contribution in [0.3, 0.4) is 0 Å². The summed E-state index contributed by atoms with van der Waals surface area (Å²) in [4.78, 5) is 0. The zero-order valence-corrected chi connectivity index (χ0v) is 16.8. The summed E-state index contributed by atoms with van der Waals surface area (Å²) >= 11 is 0. The van der Waals surface area contributed by atoms with Gasteiger partial charge in [0.25, 0.3) is 0 Å². The van der Waals surface area contributed by atoms with Gasteiger partial charge in [0.05, 0.1) is 7.11 Å². The summed E-state index contributed by atoms with van der Waals surface area (Å²) in [5.41, 5.74) is -3.11. The molecule has 0 heterocycles. The zero-order valence-electron chi connectivity index (χ0n) is 16.0. The van der Waals surface area contributed by atoms with Crippen LogP contribution >= 0.6 is 0 Å². The van der Waals surface area contributed by atoms with Gasteiger partial charge in [-0.2, -0.15) is 21.6 Å². The second-order valence-corrected chi connectivity index (χ2v) is 10.2. The van der Waals surface area contributed by atoms with Gasteiger partial charge in [-0.15, -0.1) is 0 Å². The highest BCUT2D eigenvalue weighted by molar-refractivity contribution is 7.88. The number of methoxy groups -OCH3 is 1. The van der Waals surface area contributed by atoms with Gasteiger partial charge in [-0.25, -0.2) is 0 Å². The van der Waals surface area contributed by atoms with Crippen molar-refractivity contribution in [1.29, 1.82) is 0 Å². The fourth-order valence-corrected chi connectivity index (χ4v) is 6.42. The molecule has 0 bridgehead atoms. The van der Waals surface area contributed by atoms with Crippen LogP contribution in [-0.2, 0) is 16.5 Å². The van der Waals surface area contributed by atoms with Crippen molar-refractivity contribution in [3.8, 4) is 11.5 Å². The van der Waals surface area contributed by atoms with E-state index in [4.69, 9.17) is 4.74 Å². The van der Waals surface area contributed by atoms with Crippen molar-refractivity contribution in [2.24, 2.45) is 17.3 Å². The molecule has 3 aliphatic rings. The molecule has 3 aliphatic carbocycles. The Balaban J connectivity index is 1.69. The zero-order chi connectivity index (χ0) is 20.3. The largest absolute Gasteiger partial charge is 0.534 e. The number of fused-ring (bicyclic) bond motifs is 5. The lowest BCUT2D eigenvalue weighted by Gasteiger charge is -2.49. The minimum Gasteiger partial charge on any atom is -0.493 e. The maximum atomic E-state index is 12.7. The molecule has 28 heavy (non-hydrogen) atoms. The van der Waals surface area contributed by atoms with E-state index >= 15 is 0 Å². The molecule has 0 amide bonds. The van der Waals surface area contributed by atoms with E-state index in [-0.39, 0.29) is 5.75 Å². The van der Waals surface area contributed by atoms with Crippen LogP contribution in [-0.4, -0.2) is 21.0 Å². The van der Waals surface area contributed by atoms with Crippen LogP contribution in [0.2, 0.25) is 0 Å². The van der Waals surface area contributed by atoms with Crippen LogP contribution in [0.15, 0.2) is 12.1 Å². The average molecular weight is 418 g/mol. The maximum Gasteiger partial charge on any atom is 0.534 e. The Morgan fingerprint density at radius 1 is 1.11 bits per heavy atom. The van der Waals surface area contributed by atoms with E-state index in [1.54, 1.807) is 6.07 Å². The average Bonchev–Trinajstić information content (AvgIpc) is 3.01. The van der Waals surface area contributed by atoms with Crippen LogP contribution in [0.5, 0.6) is 11.5 Å². The molecule has 4 atom stereocenters. The van der Waals surface area contributed by atoms with Gasteiger partial charge in [-0.05, 0) is 85.0 Å². The van der Waals surface area contributed by atoms with Crippen LogP contribution in [0, 0.1) is 17.3 Å².